The van der Waals surface area contributed by atoms with Crippen molar-refractivity contribution in [2.45, 2.75) is 51.2 Å². The number of nitrogens with one attached hydrogen (secondary N) is 1. The third kappa shape index (κ3) is 3.97. The summed E-state index contributed by atoms with van der Waals surface area (Å²) in [5.41, 5.74) is 5.73. The molecule has 0 spiro atoms. The molecule has 0 amide bonds. The van der Waals surface area contributed by atoms with Gasteiger partial charge in [-0.3, -0.25) is 0 Å². The Morgan fingerprint density at radius 2 is 2.03 bits per heavy atom. The Hall–Kier alpha value is -2.51. The Labute approximate surface area is 173 Å². The minimum absolute atomic E-state index is 0.140. The van der Waals surface area contributed by atoms with Crippen molar-refractivity contribution in [3.8, 4) is 0 Å². The smallest absolute Gasteiger partial charge is 0.227 e. The van der Waals surface area contributed by atoms with Gasteiger partial charge in [-0.05, 0) is 62.3 Å². The lowest BCUT2D eigenvalue weighted by Gasteiger charge is -2.29. The van der Waals surface area contributed by atoms with Crippen LogP contribution in [0, 0.1) is 5.92 Å². The largest absolute Gasteiger partial charge is 0.488 e. The molecule has 1 unspecified atom stereocenters. The molecule has 2 N–H and O–H groups in total. The van der Waals surface area contributed by atoms with Crippen molar-refractivity contribution in [2.75, 3.05) is 5.32 Å². The van der Waals surface area contributed by atoms with Gasteiger partial charge in [0.25, 0.3) is 0 Å². The fourth-order valence-corrected chi connectivity index (χ4v) is 4.73. The zero-order valence-corrected chi connectivity index (χ0v) is 17.2. The molecule has 0 bridgehead atoms. The quantitative estimate of drug-likeness (QED) is 0.652. The molecule has 5 rings (SSSR count). The lowest BCUT2D eigenvalue weighted by molar-refractivity contribution is 0.0523. The number of hydrogen-bond acceptors (Lipinski definition) is 7. The number of thiazole rings is 1. The first-order chi connectivity index (χ1) is 14.1. The van der Waals surface area contributed by atoms with E-state index in [2.05, 4.69) is 34.4 Å². The molecule has 3 aromatic rings. The number of anilines is 2. The number of aromatic nitrogens is 3. The predicted octanol–water partition coefficient (Wildman–Crippen LogP) is 4.68. The maximum absolute atomic E-state index is 9.76. The van der Waals surface area contributed by atoms with Gasteiger partial charge in [-0.25, -0.2) is 15.0 Å². The molecule has 1 saturated carbocycles. The second-order valence-corrected chi connectivity index (χ2v) is 8.87. The van der Waals surface area contributed by atoms with E-state index in [1.807, 2.05) is 23.8 Å². The number of allylic oxidation sites excluding steroid dienone is 1. The van der Waals surface area contributed by atoms with Crippen LogP contribution in [0.25, 0.3) is 16.0 Å². The van der Waals surface area contributed by atoms with Crippen LogP contribution in [-0.2, 0) is 11.2 Å². The van der Waals surface area contributed by atoms with Crippen LogP contribution in [0.2, 0.25) is 0 Å². The molecule has 29 heavy (non-hydrogen) atoms. The summed E-state index contributed by atoms with van der Waals surface area (Å²) in [7, 11) is 0. The summed E-state index contributed by atoms with van der Waals surface area (Å²) in [4.78, 5) is 13.7. The lowest BCUT2D eigenvalue weighted by Crippen LogP contribution is -2.25. The number of hydrogen-bond donors (Lipinski definition) is 2. The van der Waals surface area contributed by atoms with Crippen LogP contribution in [-0.4, -0.2) is 32.3 Å². The number of ether oxygens (including phenoxy) is 1. The van der Waals surface area contributed by atoms with Gasteiger partial charge in [-0.1, -0.05) is 6.92 Å². The summed E-state index contributed by atoms with van der Waals surface area (Å²) in [5, 5.41) is 13.1. The van der Waals surface area contributed by atoms with E-state index in [4.69, 9.17) is 9.72 Å². The maximum Gasteiger partial charge on any atom is 0.227 e. The second-order valence-electron chi connectivity index (χ2n) is 7.99. The van der Waals surface area contributed by atoms with E-state index in [1.165, 1.54) is 0 Å². The van der Waals surface area contributed by atoms with Gasteiger partial charge in [-0.15, -0.1) is 11.3 Å². The van der Waals surface area contributed by atoms with Crippen molar-refractivity contribution in [3.63, 3.8) is 0 Å². The maximum atomic E-state index is 9.76. The fraction of sp³-hybridized carbons (Fsp3) is 0.409. The number of rotatable bonds is 4. The first-order valence-electron chi connectivity index (χ1n) is 10.2. The number of aliphatic hydroxyl groups excluding tert-OH is 1. The molecule has 1 atom stereocenters. The van der Waals surface area contributed by atoms with E-state index in [1.54, 1.807) is 11.3 Å². The van der Waals surface area contributed by atoms with Gasteiger partial charge < -0.3 is 15.2 Å². The van der Waals surface area contributed by atoms with Crippen molar-refractivity contribution >= 4 is 38.9 Å². The van der Waals surface area contributed by atoms with E-state index in [9.17, 15) is 5.11 Å². The van der Waals surface area contributed by atoms with E-state index >= 15 is 0 Å². The Kier molecular flexibility index (Phi) is 4.93. The van der Waals surface area contributed by atoms with Crippen LogP contribution in [0.5, 0.6) is 0 Å². The van der Waals surface area contributed by atoms with E-state index < -0.39 is 0 Å². The molecule has 1 aromatic carbocycles. The summed E-state index contributed by atoms with van der Waals surface area (Å²) in [6.07, 6.45) is 8.31. The molecule has 6 nitrogen and oxygen atoms in total. The van der Waals surface area contributed by atoms with Gasteiger partial charge >= 0.3 is 0 Å². The molecule has 0 saturated heterocycles. The minimum atomic E-state index is -0.186. The molecule has 1 fully saturated rings. The van der Waals surface area contributed by atoms with Crippen LogP contribution >= 0.6 is 11.3 Å². The molecule has 2 heterocycles. The Morgan fingerprint density at radius 1 is 1.17 bits per heavy atom. The Balaban J connectivity index is 1.39. The first-order valence-corrected chi connectivity index (χ1v) is 11.0. The summed E-state index contributed by atoms with van der Waals surface area (Å²) in [6.45, 7) is 2.19. The molecule has 150 valence electrons. The van der Waals surface area contributed by atoms with Gasteiger partial charge in [-0.2, -0.15) is 0 Å². The Morgan fingerprint density at radius 3 is 2.90 bits per heavy atom. The highest BCUT2D eigenvalue weighted by molar-refractivity contribution is 7.16. The van der Waals surface area contributed by atoms with E-state index in [0.29, 0.717) is 11.9 Å². The highest BCUT2D eigenvalue weighted by Crippen LogP contribution is 2.33. The van der Waals surface area contributed by atoms with Crippen LogP contribution < -0.4 is 5.32 Å². The topological polar surface area (TPSA) is 80.2 Å². The van der Waals surface area contributed by atoms with Gasteiger partial charge in [0.15, 0.2) is 0 Å². The fourth-order valence-electron chi connectivity index (χ4n) is 4.08. The van der Waals surface area contributed by atoms with Gasteiger partial charge in [0.05, 0.1) is 27.9 Å². The van der Waals surface area contributed by atoms with Crippen molar-refractivity contribution in [2.24, 2.45) is 5.92 Å². The number of nitrogens with zero attached hydrogens (tertiary/aromatic N) is 3. The van der Waals surface area contributed by atoms with Crippen LogP contribution in [0.15, 0.2) is 36.0 Å². The van der Waals surface area contributed by atoms with Gasteiger partial charge in [0.2, 0.25) is 5.95 Å². The summed E-state index contributed by atoms with van der Waals surface area (Å²) < 4.78 is 7.51. The minimum Gasteiger partial charge on any atom is -0.488 e. The molecule has 0 aliphatic heterocycles. The second kappa shape index (κ2) is 7.72. The summed E-state index contributed by atoms with van der Waals surface area (Å²) in [5.74, 6) is 1.79. The number of aliphatic hydroxyl groups is 1. The third-order valence-corrected chi connectivity index (χ3v) is 6.41. The average molecular weight is 409 g/mol. The molecule has 2 aromatic heterocycles. The van der Waals surface area contributed by atoms with Crippen molar-refractivity contribution in [3.05, 3.63) is 47.2 Å². The SMILES string of the molecule is CC1C=C(OC2CCC(O)CC2)c2nc(Nc3ccc4scnc4c3)ncc2C1. The highest BCUT2D eigenvalue weighted by atomic mass is 32.1. The van der Waals surface area contributed by atoms with Crippen LogP contribution in [0.4, 0.5) is 11.6 Å². The predicted molar refractivity (Wildman–Crippen MR) is 115 cm³/mol. The van der Waals surface area contributed by atoms with Crippen LogP contribution in [0.3, 0.4) is 0 Å². The summed E-state index contributed by atoms with van der Waals surface area (Å²) >= 11 is 1.63. The third-order valence-electron chi connectivity index (χ3n) is 5.60. The summed E-state index contributed by atoms with van der Waals surface area (Å²) in [6, 6.07) is 6.09. The molecule has 2 aliphatic rings. The average Bonchev–Trinajstić information content (AvgIpc) is 3.18. The lowest BCUT2D eigenvalue weighted by atomic mass is 9.92. The zero-order chi connectivity index (χ0) is 19.8. The standard InChI is InChI=1S/C22H24N4O2S/c1-13-8-14-11-23-22(25-15-2-7-20-18(10-15)24-12-29-20)26-21(14)19(9-13)28-17-5-3-16(27)4-6-17/h2,7,9-13,16-17,27H,3-6,8H2,1H3,(H,23,25,26). The molecular weight excluding hydrogens is 384 g/mol. The molecule has 2 aliphatic carbocycles. The monoisotopic (exact) mass is 408 g/mol. The normalized spacial score (nSPS) is 24.1. The molecular formula is C22H24N4O2S. The zero-order valence-electron chi connectivity index (χ0n) is 16.3. The van der Waals surface area contributed by atoms with Crippen molar-refractivity contribution in [1.29, 1.82) is 0 Å². The van der Waals surface area contributed by atoms with Crippen molar-refractivity contribution < 1.29 is 9.84 Å². The van der Waals surface area contributed by atoms with Gasteiger partial charge in [0.1, 0.15) is 11.5 Å². The van der Waals surface area contributed by atoms with Crippen molar-refractivity contribution in [1.82, 2.24) is 15.0 Å². The van der Waals surface area contributed by atoms with Gasteiger partial charge in [0, 0.05) is 17.4 Å². The highest BCUT2D eigenvalue weighted by Gasteiger charge is 2.26. The number of benzene rings is 1. The first kappa shape index (κ1) is 18.5. The molecule has 7 heteroatoms. The Bertz CT molecular complexity index is 1060. The number of fused-ring (bicyclic) bond motifs is 2. The van der Waals surface area contributed by atoms with E-state index in [-0.39, 0.29) is 12.2 Å². The van der Waals surface area contributed by atoms with E-state index in [0.717, 1.165) is 65.0 Å². The van der Waals surface area contributed by atoms with Crippen LogP contribution in [0.1, 0.15) is 43.9 Å². The molecule has 0 radical (unpaired) electrons.